The standard InChI is InChI=1S/C21H30N2O4/c1-3-4-5-6-7-10-13-22-21(26)19(24)15(2)23-20(25)18-14-16-11-8-9-12-17(16)27-18/h8-9,11-12,14-15,19,24H,3-7,10,13H2,1-2H3,(H,22,26)(H,23,25)/t15-,19+/m0/s1. The van der Waals surface area contributed by atoms with Crippen LogP contribution in [0, 0.1) is 0 Å². The first-order valence-electron chi connectivity index (χ1n) is 9.78. The summed E-state index contributed by atoms with van der Waals surface area (Å²) < 4.78 is 5.50. The molecule has 2 rings (SSSR count). The molecule has 0 unspecified atom stereocenters. The summed E-state index contributed by atoms with van der Waals surface area (Å²) >= 11 is 0. The number of hydrogen-bond acceptors (Lipinski definition) is 4. The van der Waals surface area contributed by atoms with E-state index in [0.717, 1.165) is 24.6 Å². The predicted octanol–water partition coefficient (Wildman–Crippen LogP) is 3.39. The zero-order valence-corrected chi connectivity index (χ0v) is 16.2. The lowest BCUT2D eigenvalue weighted by Gasteiger charge is -2.19. The van der Waals surface area contributed by atoms with E-state index in [1.807, 2.05) is 18.2 Å². The van der Waals surface area contributed by atoms with E-state index in [2.05, 4.69) is 17.6 Å². The van der Waals surface area contributed by atoms with Crippen LogP contribution in [0.4, 0.5) is 0 Å². The van der Waals surface area contributed by atoms with Crippen LogP contribution in [0.15, 0.2) is 34.7 Å². The van der Waals surface area contributed by atoms with E-state index in [9.17, 15) is 14.7 Å². The predicted molar refractivity (Wildman–Crippen MR) is 106 cm³/mol. The van der Waals surface area contributed by atoms with Crippen LogP contribution >= 0.6 is 0 Å². The fourth-order valence-electron chi connectivity index (χ4n) is 2.90. The number of carbonyl (C=O) groups excluding carboxylic acids is 2. The number of unbranched alkanes of at least 4 members (excludes halogenated alkanes) is 5. The number of fused-ring (bicyclic) bond motifs is 1. The molecular weight excluding hydrogens is 344 g/mol. The number of furan rings is 1. The maximum atomic E-state index is 12.3. The van der Waals surface area contributed by atoms with Crippen molar-refractivity contribution in [1.82, 2.24) is 10.6 Å². The lowest BCUT2D eigenvalue weighted by Crippen LogP contribution is -2.49. The Morgan fingerprint density at radius 2 is 1.81 bits per heavy atom. The number of aliphatic hydroxyl groups is 1. The van der Waals surface area contributed by atoms with Gasteiger partial charge in [-0.15, -0.1) is 0 Å². The lowest BCUT2D eigenvalue weighted by molar-refractivity contribution is -0.130. The van der Waals surface area contributed by atoms with Crippen LogP contribution in [0.2, 0.25) is 0 Å². The Morgan fingerprint density at radius 3 is 2.56 bits per heavy atom. The van der Waals surface area contributed by atoms with E-state index < -0.39 is 24.0 Å². The van der Waals surface area contributed by atoms with Crippen molar-refractivity contribution in [2.45, 2.75) is 64.5 Å². The number of nitrogens with one attached hydrogen (secondary N) is 2. The van der Waals surface area contributed by atoms with Crippen LogP contribution < -0.4 is 10.6 Å². The molecule has 2 amide bonds. The molecule has 1 aromatic carbocycles. The maximum Gasteiger partial charge on any atom is 0.287 e. The molecule has 0 bridgehead atoms. The summed E-state index contributed by atoms with van der Waals surface area (Å²) in [4.78, 5) is 24.3. The van der Waals surface area contributed by atoms with Crippen LogP contribution in [-0.2, 0) is 4.79 Å². The van der Waals surface area contributed by atoms with Gasteiger partial charge in [0.2, 0.25) is 0 Å². The zero-order chi connectivity index (χ0) is 19.6. The quantitative estimate of drug-likeness (QED) is 0.526. The van der Waals surface area contributed by atoms with Crippen LogP contribution in [0.3, 0.4) is 0 Å². The Morgan fingerprint density at radius 1 is 1.11 bits per heavy atom. The molecule has 148 valence electrons. The summed E-state index contributed by atoms with van der Waals surface area (Å²) in [7, 11) is 0. The zero-order valence-electron chi connectivity index (χ0n) is 16.2. The Bertz CT molecular complexity index is 708. The molecule has 0 spiro atoms. The second-order valence-corrected chi connectivity index (χ2v) is 6.91. The van der Waals surface area contributed by atoms with E-state index in [0.29, 0.717) is 12.1 Å². The van der Waals surface area contributed by atoms with Crippen molar-refractivity contribution < 1.29 is 19.1 Å². The molecule has 0 radical (unpaired) electrons. The molecule has 0 aliphatic rings. The first-order valence-corrected chi connectivity index (χ1v) is 9.78. The van der Waals surface area contributed by atoms with E-state index in [4.69, 9.17) is 4.42 Å². The number of amides is 2. The highest BCUT2D eigenvalue weighted by Crippen LogP contribution is 2.18. The Hall–Kier alpha value is -2.34. The highest BCUT2D eigenvalue weighted by Gasteiger charge is 2.25. The number of para-hydroxylation sites is 1. The smallest absolute Gasteiger partial charge is 0.287 e. The molecule has 0 fully saturated rings. The molecule has 0 saturated heterocycles. The number of benzene rings is 1. The fraction of sp³-hybridized carbons (Fsp3) is 0.524. The van der Waals surface area contributed by atoms with Crippen molar-refractivity contribution in [2.75, 3.05) is 6.54 Å². The minimum atomic E-state index is -1.31. The van der Waals surface area contributed by atoms with Gasteiger partial charge in [0.05, 0.1) is 6.04 Å². The molecular formula is C21H30N2O4. The van der Waals surface area contributed by atoms with Gasteiger partial charge in [0.15, 0.2) is 11.9 Å². The van der Waals surface area contributed by atoms with Gasteiger partial charge in [-0.3, -0.25) is 9.59 Å². The largest absolute Gasteiger partial charge is 0.451 e. The summed E-state index contributed by atoms with van der Waals surface area (Å²) in [5.74, 6) is -0.773. The van der Waals surface area contributed by atoms with E-state index >= 15 is 0 Å². The van der Waals surface area contributed by atoms with Crippen molar-refractivity contribution in [2.24, 2.45) is 0 Å². The van der Waals surface area contributed by atoms with Crippen molar-refractivity contribution in [3.8, 4) is 0 Å². The summed E-state index contributed by atoms with van der Waals surface area (Å²) in [6.07, 6.45) is 5.48. The van der Waals surface area contributed by atoms with Gasteiger partial charge >= 0.3 is 0 Å². The third-order valence-electron chi connectivity index (χ3n) is 4.58. The lowest BCUT2D eigenvalue weighted by atomic mass is 10.1. The van der Waals surface area contributed by atoms with E-state index in [1.54, 1.807) is 19.1 Å². The Kier molecular flexibility index (Phi) is 8.33. The van der Waals surface area contributed by atoms with Gasteiger partial charge in [0, 0.05) is 11.9 Å². The summed E-state index contributed by atoms with van der Waals surface area (Å²) in [5, 5.41) is 16.3. The highest BCUT2D eigenvalue weighted by atomic mass is 16.3. The third-order valence-corrected chi connectivity index (χ3v) is 4.58. The number of rotatable bonds is 11. The molecule has 3 N–H and O–H groups in total. The van der Waals surface area contributed by atoms with E-state index in [-0.39, 0.29) is 5.76 Å². The van der Waals surface area contributed by atoms with Crippen molar-refractivity contribution in [1.29, 1.82) is 0 Å². The molecule has 27 heavy (non-hydrogen) atoms. The average molecular weight is 374 g/mol. The molecule has 0 aliphatic heterocycles. The van der Waals surface area contributed by atoms with Crippen molar-refractivity contribution in [3.63, 3.8) is 0 Å². The third kappa shape index (κ3) is 6.40. The van der Waals surface area contributed by atoms with Gasteiger partial charge in [0.25, 0.3) is 11.8 Å². The molecule has 1 aromatic heterocycles. The van der Waals surface area contributed by atoms with Gasteiger partial charge in [-0.2, -0.15) is 0 Å². The minimum Gasteiger partial charge on any atom is -0.451 e. The molecule has 2 atom stereocenters. The normalized spacial score (nSPS) is 13.3. The molecule has 2 aromatic rings. The molecule has 6 heteroatoms. The number of carbonyl (C=O) groups is 2. The molecule has 1 heterocycles. The van der Waals surface area contributed by atoms with Crippen molar-refractivity contribution >= 4 is 22.8 Å². The second kappa shape index (κ2) is 10.7. The number of hydrogen-bond donors (Lipinski definition) is 3. The molecule has 6 nitrogen and oxygen atoms in total. The van der Waals surface area contributed by atoms with Gasteiger partial charge in [-0.05, 0) is 25.5 Å². The fourth-order valence-corrected chi connectivity index (χ4v) is 2.90. The SMILES string of the molecule is CCCCCCCCNC(=O)[C@H](O)[C@H](C)NC(=O)c1cc2ccccc2o1. The average Bonchev–Trinajstić information content (AvgIpc) is 3.10. The first kappa shape index (κ1) is 21.0. The van der Waals surface area contributed by atoms with Crippen LogP contribution in [0.25, 0.3) is 11.0 Å². The monoisotopic (exact) mass is 374 g/mol. The number of aliphatic hydroxyl groups excluding tert-OH is 1. The van der Waals surface area contributed by atoms with Crippen LogP contribution in [0.1, 0.15) is 62.9 Å². The first-order chi connectivity index (χ1) is 13.0. The second-order valence-electron chi connectivity index (χ2n) is 6.91. The van der Waals surface area contributed by atoms with Gasteiger partial charge in [0.1, 0.15) is 5.58 Å². The Labute approximate surface area is 160 Å². The van der Waals surface area contributed by atoms with Crippen LogP contribution in [-0.4, -0.2) is 35.6 Å². The highest BCUT2D eigenvalue weighted by molar-refractivity contribution is 5.96. The van der Waals surface area contributed by atoms with Crippen molar-refractivity contribution in [3.05, 3.63) is 36.1 Å². The van der Waals surface area contributed by atoms with E-state index in [1.165, 1.54) is 19.3 Å². The molecule has 0 saturated carbocycles. The molecule has 0 aliphatic carbocycles. The maximum absolute atomic E-state index is 12.3. The van der Waals surface area contributed by atoms with Gasteiger partial charge in [-0.25, -0.2) is 0 Å². The van der Waals surface area contributed by atoms with Crippen LogP contribution in [0.5, 0.6) is 0 Å². The van der Waals surface area contributed by atoms with Gasteiger partial charge in [-0.1, -0.05) is 57.2 Å². The van der Waals surface area contributed by atoms with Gasteiger partial charge < -0.3 is 20.2 Å². The topological polar surface area (TPSA) is 91.6 Å². The minimum absolute atomic E-state index is 0.155. The summed E-state index contributed by atoms with van der Waals surface area (Å²) in [6, 6.07) is 8.23. The Balaban J connectivity index is 1.74. The summed E-state index contributed by atoms with van der Waals surface area (Å²) in [6.45, 7) is 4.30. The summed E-state index contributed by atoms with van der Waals surface area (Å²) in [5.41, 5.74) is 0.618.